The summed E-state index contributed by atoms with van der Waals surface area (Å²) in [4.78, 5) is 11.7. The number of ether oxygens (including phenoxy) is 1. The van der Waals surface area contributed by atoms with Crippen LogP contribution in [-0.2, 0) is 16.0 Å². The molecular formula is C13H16O4. The first-order valence-corrected chi connectivity index (χ1v) is 6.08. The first-order chi connectivity index (χ1) is 8.22. The van der Waals surface area contributed by atoms with E-state index in [2.05, 4.69) is 0 Å². The highest BCUT2D eigenvalue weighted by Gasteiger charge is 2.55. The van der Waals surface area contributed by atoms with Gasteiger partial charge in [0.05, 0.1) is 18.6 Å². The number of hydrogen-bond acceptors (Lipinski definition) is 3. The Kier molecular flexibility index (Phi) is 2.47. The molecule has 2 unspecified atom stereocenters. The summed E-state index contributed by atoms with van der Waals surface area (Å²) in [6.45, 7) is 0.561. The quantitative estimate of drug-likeness (QED) is 0.869. The molecule has 17 heavy (non-hydrogen) atoms. The third-order valence-corrected chi connectivity index (χ3v) is 3.97. The van der Waals surface area contributed by atoms with Crippen molar-refractivity contribution in [3.05, 3.63) is 24.2 Å². The van der Waals surface area contributed by atoms with Crippen LogP contribution in [0.3, 0.4) is 0 Å². The average Bonchev–Trinajstić information content (AvgIpc) is 2.86. The van der Waals surface area contributed by atoms with Crippen molar-refractivity contribution < 1.29 is 19.1 Å². The van der Waals surface area contributed by atoms with Crippen molar-refractivity contribution in [2.75, 3.05) is 6.61 Å². The zero-order valence-electron chi connectivity index (χ0n) is 9.59. The van der Waals surface area contributed by atoms with Crippen molar-refractivity contribution in [1.82, 2.24) is 0 Å². The van der Waals surface area contributed by atoms with Gasteiger partial charge in [-0.25, -0.2) is 0 Å². The van der Waals surface area contributed by atoms with Crippen molar-refractivity contribution >= 4 is 5.97 Å². The molecule has 2 fully saturated rings. The molecule has 0 radical (unpaired) electrons. The van der Waals surface area contributed by atoms with Crippen LogP contribution in [-0.4, -0.2) is 23.8 Å². The summed E-state index contributed by atoms with van der Waals surface area (Å²) in [6, 6.07) is 1.84. The van der Waals surface area contributed by atoms with Crippen molar-refractivity contribution in [3.8, 4) is 0 Å². The maximum absolute atomic E-state index is 11.7. The van der Waals surface area contributed by atoms with E-state index in [0.717, 1.165) is 18.4 Å². The summed E-state index contributed by atoms with van der Waals surface area (Å²) in [5, 5.41) is 9.60. The van der Waals surface area contributed by atoms with E-state index in [0.29, 0.717) is 25.4 Å². The van der Waals surface area contributed by atoms with Gasteiger partial charge in [-0.3, -0.25) is 4.79 Å². The second kappa shape index (κ2) is 3.88. The number of hydrogen-bond donors (Lipinski definition) is 1. The number of rotatable bonds is 4. The molecule has 0 spiro atoms. The molecule has 2 aliphatic rings. The zero-order chi connectivity index (χ0) is 11.9. The van der Waals surface area contributed by atoms with Gasteiger partial charge in [-0.05, 0) is 43.2 Å². The lowest BCUT2D eigenvalue weighted by Crippen LogP contribution is -2.42. The third-order valence-electron chi connectivity index (χ3n) is 3.97. The van der Waals surface area contributed by atoms with Gasteiger partial charge in [-0.1, -0.05) is 0 Å². The van der Waals surface area contributed by atoms with E-state index < -0.39 is 11.4 Å². The van der Waals surface area contributed by atoms with Gasteiger partial charge < -0.3 is 14.3 Å². The lowest BCUT2D eigenvalue weighted by Gasteiger charge is -2.29. The molecule has 1 saturated carbocycles. The van der Waals surface area contributed by atoms with E-state index in [-0.39, 0.29) is 6.10 Å². The Hall–Kier alpha value is -1.29. The minimum atomic E-state index is -0.745. The number of carboxylic acids is 1. The first kappa shape index (κ1) is 10.8. The van der Waals surface area contributed by atoms with E-state index in [1.807, 2.05) is 6.07 Å². The lowest BCUT2D eigenvalue weighted by molar-refractivity contribution is -0.153. The summed E-state index contributed by atoms with van der Waals surface area (Å²) in [5.41, 5.74) is 0.203. The lowest BCUT2D eigenvalue weighted by atomic mass is 9.74. The largest absolute Gasteiger partial charge is 0.481 e. The Bertz CT molecular complexity index is 407. The summed E-state index contributed by atoms with van der Waals surface area (Å²) < 4.78 is 10.7. The van der Waals surface area contributed by atoms with Gasteiger partial charge in [-0.15, -0.1) is 0 Å². The third kappa shape index (κ3) is 1.76. The second-order valence-electron chi connectivity index (χ2n) is 5.15. The monoisotopic (exact) mass is 236 g/mol. The molecule has 4 heteroatoms. The molecule has 0 aromatic carbocycles. The normalized spacial score (nSPS) is 32.8. The second-order valence-corrected chi connectivity index (χ2v) is 5.15. The topological polar surface area (TPSA) is 59.7 Å². The molecule has 1 aliphatic carbocycles. The van der Waals surface area contributed by atoms with Crippen molar-refractivity contribution in [3.63, 3.8) is 0 Å². The van der Waals surface area contributed by atoms with E-state index in [9.17, 15) is 9.90 Å². The molecule has 1 aromatic heterocycles. The number of furan rings is 1. The molecule has 1 aromatic rings. The fraction of sp³-hybridized carbons (Fsp3) is 0.615. The van der Waals surface area contributed by atoms with Crippen molar-refractivity contribution in [2.24, 2.45) is 11.3 Å². The smallest absolute Gasteiger partial charge is 0.312 e. The molecule has 3 rings (SSSR count). The predicted molar refractivity (Wildman–Crippen MR) is 59.6 cm³/mol. The Morgan fingerprint density at radius 2 is 2.35 bits per heavy atom. The molecule has 1 aliphatic heterocycles. The number of carboxylic acid groups (broad SMARTS) is 1. The van der Waals surface area contributed by atoms with E-state index in [1.165, 1.54) is 0 Å². The fourth-order valence-corrected chi connectivity index (χ4v) is 2.91. The van der Waals surface area contributed by atoms with Gasteiger partial charge in [0.2, 0.25) is 0 Å². The fourth-order valence-electron chi connectivity index (χ4n) is 2.91. The summed E-state index contributed by atoms with van der Waals surface area (Å²) >= 11 is 0. The van der Waals surface area contributed by atoms with Crippen LogP contribution in [0.4, 0.5) is 0 Å². The number of carbonyl (C=O) groups is 1. The van der Waals surface area contributed by atoms with E-state index >= 15 is 0 Å². The minimum absolute atomic E-state index is 0.116. The summed E-state index contributed by atoms with van der Waals surface area (Å²) in [6.07, 6.45) is 6.43. The summed E-state index contributed by atoms with van der Waals surface area (Å²) in [7, 11) is 0. The van der Waals surface area contributed by atoms with Gasteiger partial charge in [0.1, 0.15) is 5.41 Å². The van der Waals surface area contributed by atoms with Crippen LogP contribution < -0.4 is 0 Å². The van der Waals surface area contributed by atoms with Gasteiger partial charge in [-0.2, -0.15) is 0 Å². The SMILES string of the molecule is O=C(O)C1(Cc2ccoc2)CCOC1C1CC1. The Labute approximate surface area is 99.6 Å². The Morgan fingerprint density at radius 1 is 1.53 bits per heavy atom. The van der Waals surface area contributed by atoms with Crippen LogP contribution >= 0.6 is 0 Å². The van der Waals surface area contributed by atoms with Gasteiger partial charge >= 0.3 is 5.97 Å². The molecule has 0 amide bonds. The van der Waals surface area contributed by atoms with Gasteiger partial charge in [0.15, 0.2) is 0 Å². The average molecular weight is 236 g/mol. The maximum atomic E-state index is 11.7. The highest BCUT2D eigenvalue weighted by molar-refractivity contribution is 5.76. The molecule has 92 valence electrons. The predicted octanol–water partition coefficient (Wildman–Crippen LogP) is 2.09. The molecule has 1 saturated heterocycles. The highest BCUT2D eigenvalue weighted by atomic mass is 16.5. The number of aliphatic carboxylic acids is 1. The van der Waals surface area contributed by atoms with E-state index in [1.54, 1.807) is 12.5 Å². The van der Waals surface area contributed by atoms with Crippen LogP contribution in [0.1, 0.15) is 24.8 Å². The Morgan fingerprint density at radius 3 is 2.94 bits per heavy atom. The summed E-state index contributed by atoms with van der Waals surface area (Å²) in [5.74, 6) is -0.284. The van der Waals surface area contributed by atoms with Crippen LogP contribution in [0.15, 0.2) is 23.0 Å². The molecule has 2 heterocycles. The van der Waals surface area contributed by atoms with Gasteiger partial charge in [0, 0.05) is 6.61 Å². The van der Waals surface area contributed by atoms with Crippen molar-refractivity contribution in [1.29, 1.82) is 0 Å². The molecule has 2 atom stereocenters. The Balaban J connectivity index is 1.88. The molecule has 1 N–H and O–H groups in total. The molecule has 0 bridgehead atoms. The molecule has 4 nitrogen and oxygen atoms in total. The molecular weight excluding hydrogens is 220 g/mol. The van der Waals surface area contributed by atoms with Crippen LogP contribution in [0.25, 0.3) is 0 Å². The van der Waals surface area contributed by atoms with Crippen LogP contribution in [0.2, 0.25) is 0 Å². The minimum Gasteiger partial charge on any atom is -0.481 e. The maximum Gasteiger partial charge on any atom is 0.312 e. The first-order valence-electron chi connectivity index (χ1n) is 6.08. The van der Waals surface area contributed by atoms with Crippen molar-refractivity contribution in [2.45, 2.75) is 31.8 Å². The zero-order valence-corrected chi connectivity index (χ0v) is 9.59. The highest BCUT2D eigenvalue weighted by Crippen LogP contribution is 2.49. The standard InChI is InChI=1S/C13H16O4/c14-12(15)13(7-9-3-5-16-8-9)4-6-17-11(13)10-1-2-10/h3,5,8,10-11H,1-2,4,6-7H2,(H,14,15). The van der Waals surface area contributed by atoms with Crippen LogP contribution in [0.5, 0.6) is 0 Å². The van der Waals surface area contributed by atoms with Crippen LogP contribution in [0, 0.1) is 11.3 Å². The van der Waals surface area contributed by atoms with Gasteiger partial charge in [0.25, 0.3) is 0 Å². The van der Waals surface area contributed by atoms with E-state index in [4.69, 9.17) is 9.15 Å².